The minimum absolute atomic E-state index is 0.116. The van der Waals surface area contributed by atoms with Crippen LogP contribution in [0.2, 0.25) is 0 Å². The summed E-state index contributed by atoms with van der Waals surface area (Å²) in [6, 6.07) is 17.1. The van der Waals surface area contributed by atoms with Gasteiger partial charge < -0.3 is 15.3 Å². The van der Waals surface area contributed by atoms with Gasteiger partial charge in [-0.25, -0.2) is 0 Å². The largest absolute Gasteiger partial charge is 0.481 e. The van der Waals surface area contributed by atoms with Crippen LogP contribution in [0.1, 0.15) is 29.6 Å². The van der Waals surface area contributed by atoms with E-state index in [-0.39, 0.29) is 37.4 Å². The molecule has 0 aromatic heterocycles. The average molecular weight is 392 g/mol. The molecule has 2 aromatic carbocycles. The zero-order chi connectivity index (χ0) is 20.4. The number of aliphatic carboxylic acids is 1. The molecule has 2 fully saturated rings. The van der Waals surface area contributed by atoms with E-state index in [2.05, 4.69) is 5.32 Å². The van der Waals surface area contributed by atoms with Crippen LogP contribution in [0.3, 0.4) is 0 Å². The minimum atomic E-state index is -0.969. The lowest BCUT2D eigenvalue weighted by Gasteiger charge is -2.36. The molecule has 2 amide bonds. The van der Waals surface area contributed by atoms with Crippen molar-refractivity contribution in [2.45, 2.75) is 25.3 Å². The van der Waals surface area contributed by atoms with Gasteiger partial charge in [0.05, 0.1) is 11.8 Å². The van der Waals surface area contributed by atoms with Crippen LogP contribution >= 0.6 is 0 Å². The number of amides is 2. The van der Waals surface area contributed by atoms with E-state index < -0.39 is 17.8 Å². The second kappa shape index (κ2) is 8.07. The van der Waals surface area contributed by atoms with E-state index in [4.69, 9.17) is 0 Å². The van der Waals surface area contributed by atoms with E-state index in [9.17, 15) is 19.5 Å². The fourth-order valence-electron chi connectivity index (χ4n) is 3.89. The topological polar surface area (TPSA) is 86.7 Å². The summed E-state index contributed by atoms with van der Waals surface area (Å²) >= 11 is 0. The van der Waals surface area contributed by atoms with Crippen LogP contribution in [-0.2, 0) is 9.59 Å². The maximum atomic E-state index is 13.4. The molecular formula is C23H24N2O4. The van der Waals surface area contributed by atoms with Gasteiger partial charge in [0, 0.05) is 24.7 Å². The molecule has 0 spiro atoms. The number of nitrogens with zero attached hydrogens (tertiary/aromatic N) is 1. The number of likely N-dealkylation sites (tertiary alicyclic amines) is 1. The van der Waals surface area contributed by atoms with Crippen LogP contribution in [0.25, 0.3) is 11.1 Å². The van der Waals surface area contributed by atoms with Crippen molar-refractivity contribution in [2.24, 2.45) is 11.8 Å². The van der Waals surface area contributed by atoms with Crippen molar-refractivity contribution < 1.29 is 19.5 Å². The summed E-state index contributed by atoms with van der Waals surface area (Å²) in [5.74, 6) is -2.60. The minimum Gasteiger partial charge on any atom is -0.481 e. The highest BCUT2D eigenvalue weighted by Gasteiger charge is 2.39. The van der Waals surface area contributed by atoms with Gasteiger partial charge >= 0.3 is 5.97 Å². The van der Waals surface area contributed by atoms with Crippen LogP contribution in [0.4, 0.5) is 0 Å². The summed E-state index contributed by atoms with van der Waals surface area (Å²) < 4.78 is 0. The summed E-state index contributed by atoms with van der Waals surface area (Å²) in [5, 5.41) is 12.5. The molecule has 150 valence electrons. The summed E-state index contributed by atoms with van der Waals surface area (Å²) in [6.45, 7) is 0.356. The Hall–Kier alpha value is -3.15. The zero-order valence-electron chi connectivity index (χ0n) is 16.1. The third kappa shape index (κ3) is 4.31. The lowest BCUT2D eigenvalue weighted by Crippen LogP contribution is -2.50. The van der Waals surface area contributed by atoms with Gasteiger partial charge in [-0.05, 0) is 36.5 Å². The van der Waals surface area contributed by atoms with Gasteiger partial charge in [-0.1, -0.05) is 48.5 Å². The molecule has 6 heteroatoms. The maximum Gasteiger partial charge on any atom is 0.308 e. The van der Waals surface area contributed by atoms with Crippen molar-refractivity contribution in [3.63, 3.8) is 0 Å². The molecule has 1 saturated heterocycles. The van der Waals surface area contributed by atoms with Gasteiger partial charge in [-0.15, -0.1) is 0 Å². The highest BCUT2D eigenvalue weighted by molar-refractivity contribution is 6.01. The molecule has 4 rings (SSSR count). The van der Waals surface area contributed by atoms with E-state index in [1.54, 1.807) is 12.1 Å². The normalized spacial score (nSPS) is 21.4. The van der Waals surface area contributed by atoms with Gasteiger partial charge in [-0.2, -0.15) is 0 Å². The summed E-state index contributed by atoms with van der Waals surface area (Å²) in [4.78, 5) is 39.1. The zero-order valence-corrected chi connectivity index (χ0v) is 16.1. The average Bonchev–Trinajstić information content (AvgIpc) is 3.57. The molecule has 0 unspecified atom stereocenters. The number of piperidine rings is 1. The first-order valence-corrected chi connectivity index (χ1v) is 10.00. The number of carboxylic acids is 1. The first-order valence-electron chi connectivity index (χ1n) is 10.00. The van der Waals surface area contributed by atoms with Crippen molar-refractivity contribution in [3.05, 3.63) is 60.2 Å². The van der Waals surface area contributed by atoms with Gasteiger partial charge in [0.1, 0.15) is 0 Å². The second-order valence-electron chi connectivity index (χ2n) is 7.87. The van der Waals surface area contributed by atoms with E-state index in [1.165, 1.54) is 4.90 Å². The number of carbonyl (C=O) groups excluding carboxylic acids is 2. The first kappa shape index (κ1) is 19.2. The number of rotatable bonds is 5. The Kier molecular flexibility index (Phi) is 5.34. The van der Waals surface area contributed by atoms with E-state index in [0.29, 0.717) is 5.56 Å². The maximum absolute atomic E-state index is 13.4. The van der Waals surface area contributed by atoms with E-state index >= 15 is 0 Å². The Morgan fingerprint density at radius 3 is 2.24 bits per heavy atom. The van der Waals surface area contributed by atoms with Gasteiger partial charge in [-0.3, -0.25) is 14.4 Å². The Bertz CT molecular complexity index is 923. The highest BCUT2D eigenvalue weighted by Crippen LogP contribution is 2.29. The van der Waals surface area contributed by atoms with E-state index in [1.807, 2.05) is 42.5 Å². The Balaban J connectivity index is 1.60. The molecule has 0 bridgehead atoms. The van der Waals surface area contributed by atoms with Crippen molar-refractivity contribution >= 4 is 17.8 Å². The number of carbonyl (C=O) groups is 3. The number of carboxylic acid groups (broad SMARTS) is 1. The predicted molar refractivity (Wildman–Crippen MR) is 108 cm³/mol. The molecular weight excluding hydrogens is 368 g/mol. The molecule has 2 aromatic rings. The highest BCUT2D eigenvalue weighted by atomic mass is 16.4. The summed E-state index contributed by atoms with van der Waals surface area (Å²) in [7, 11) is 0. The van der Waals surface area contributed by atoms with Gasteiger partial charge in [0.15, 0.2) is 0 Å². The fourth-order valence-corrected chi connectivity index (χ4v) is 3.89. The fraction of sp³-hybridized carbons (Fsp3) is 0.348. The quantitative estimate of drug-likeness (QED) is 0.819. The predicted octanol–water partition coefficient (Wildman–Crippen LogP) is 2.80. The van der Waals surface area contributed by atoms with Crippen LogP contribution in [-0.4, -0.2) is 46.9 Å². The molecule has 2 atom stereocenters. The molecule has 1 aliphatic heterocycles. The molecule has 6 nitrogen and oxygen atoms in total. The van der Waals surface area contributed by atoms with Crippen molar-refractivity contribution in [2.75, 3.05) is 13.1 Å². The van der Waals surface area contributed by atoms with Crippen molar-refractivity contribution in [1.82, 2.24) is 10.2 Å². The lowest BCUT2D eigenvalue weighted by atomic mass is 9.87. The smallest absolute Gasteiger partial charge is 0.308 e. The molecule has 0 radical (unpaired) electrons. The van der Waals surface area contributed by atoms with Gasteiger partial charge in [0.2, 0.25) is 5.91 Å². The Labute approximate surface area is 169 Å². The molecule has 1 saturated carbocycles. The lowest BCUT2D eigenvalue weighted by molar-refractivity contribution is -0.144. The molecule has 29 heavy (non-hydrogen) atoms. The van der Waals surface area contributed by atoms with Crippen LogP contribution in [0.5, 0.6) is 0 Å². The molecule has 1 heterocycles. The molecule has 2 aliphatic rings. The summed E-state index contributed by atoms with van der Waals surface area (Å²) in [6.07, 6.45) is 2.19. The standard InChI is InChI=1S/C23H24N2O4/c26-21(24-18-10-11-18)16-12-17(23(28)29)14-25(13-16)22(27)20-9-5-4-8-19(20)15-6-2-1-3-7-15/h1-9,16-18H,10-14H2,(H,24,26)(H,28,29)/t16-,17+/m1/s1. The number of nitrogens with one attached hydrogen (secondary N) is 1. The Morgan fingerprint density at radius 2 is 1.55 bits per heavy atom. The summed E-state index contributed by atoms with van der Waals surface area (Å²) in [5.41, 5.74) is 2.24. The van der Waals surface area contributed by atoms with Crippen LogP contribution in [0.15, 0.2) is 54.6 Å². The third-order valence-corrected chi connectivity index (χ3v) is 5.62. The first-order chi connectivity index (χ1) is 14.0. The number of hydrogen-bond donors (Lipinski definition) is 2. The van der Waals surface area contributed by atoms with Crippen LogP contribution < -0.4 is 5.32 Å². The number of hydrogen-bond acceptors (Lipinski definition) is 3. The van der Waals surface area contributed by atoms with Crippen molar-refractivity contribution in [3.8, 4) is 11.1 Å². The SMILES string of the molecule is O=C(O)[C@H]1C[C@@H](C(=O)NC2CC2)CN(C(=O)c2ccccc2-c2ccccc2)C1. The third-order valence-electron chi connectivity index (χ3n) is 5.62. The molecule has 1 aliphatic carbocycles. The van der Waals surface area contributed by atoms with Gasteiger partial charge in [0.25, 0.3) is 5.91 Å². The van der Waals surface area contributed by atoms with Crippen LogP contribution in [0, 0.1) is 11.8 Å². The molecule has 2 N–H and O–H groups in total. The van der Waals surface area contributed by atoms with Crippen molar-refractivity contribution in [1.29, 1.82) is 0 Å². The van der Waals surface area contributed by atoms with E-state index in [0.717, 1.165) is 24.0 Å². The Morgan fingerprint density at radius 1 is 0.897 bits per heavy atom. The second-order valence-corrected chi connectivity index (χ2v) is 7.87. The number of benzene rings is 2. The monoisotopic (exact) mass is 392 g/mol.